The Morgan fingerprint density at radius 1 is 1.25 bits per heavy atom. The number of benzene rings is 1. The van der Waals surface area contributed by atoms with Gasteiger partial charge in [0.2, 0.25) is 5.91 Å². The van der Waals surface area contributed by atoms with Gasteiger partial charge < -0.3 is 19.1 Å². The molecule has 1 aromatic carbocycles. The summed E-state index contributed by atoms with van der Waals surface area (Å²) in [6.45, 7) is 3.14. The summed E-state index contributed by atoms with van der Waals surface area (Å²) in [5, 5.41) is 0. The van der Waals surface area contributed by atoms with Crippen LogP contribution in [0, 0.1) is 5.41 Å². The molecule has 1 atom stereocenters. The predicted octanol–water partition coefficient (Wildman–Crippen LogP) is 2.28. The van der Waals surface area contributed by atoms with E-state index < -0.39 is 0 Å². The maximum absolute atomic E-state index is 12.5. The van der Waals surface area contributed by atoms with Crippen molar-refractivity contribution in [2.75, 3.05) is 40.5 Å². The topological polar surface area (TPSA) is 48.0 Å². The van der Waals surface area contributed by atoms with Crippen LogP contribution in [-0.4, -0.2) is 57.4 Å². The van der Waals surface area contributed by atoms with Crippen molar-refractivity contribution >= 4 is 5.91 Å². The fraction of sp³-hybridized carbons (Fsp3) is 0.632. The molecule has 24 heavy (non-hydrogen) atoms. The Kier molecular flexibility index (Phi) is 5.41. The predicted molar refractivity (Wildman–Crippen MR) is 91.2 cm³/mol. The van der Waals surface area contributed by atoms with Crippen molar-refractivity contribution in [2.45, 2.75) is 31.8 Å². The smallest absolute Gasteiger partial charge is 0.226 e. The van der Waals surface area contributed by atoms with Gasteiger partial charge in [-0.15, -0.1) is 0 Å². The van der Waals surface area contributed by atoms with Crippen LogP contribution in [0.4, 0.5) is 0 Å². The van der Waals surface area contributed by atoms with E-state index >= 15 is 0 Å². The Morgan fingerprint density at radius 3 is 2.58 bits per heavy atom. The van der Waals surface area contributed by atoms with Crippen LogP contribution in [0.25, 0.3) is 0 Å². The second-order valence-corrected chi connectivity index (χ2v) is 7.00. The number of carbonyl (C=O) groups excluding carboxylic acids is 1. The first-order valence-corrected chi connectivity index (χ1v) is 8.65. The molecule has 5 nitrogen and oxygen atoms in total. The summed E-state index contributed by atoms with van der Waals surface area (Å²) >= 11 is 0. The molecule has 2 fully saturated rings. The van der Waals surface area contributed by atoms with E-state index in [0.29, 0.717) is 13.0 Å². The van der Waals surface area contributed by atoms with Gasteiger partial charge in [-0.1, -0.05) is 12.1 Å². The summed E-state index contributed by atoms with van der Waals surface area (Å²) in [6.07, 6.45) is 3.79. The number of hydrogen-bond donors (Lipinski definition) is 0. The summed E-state index contributed by atoms with van der Waals surface area (Å²) in [5.41, 5.74) is 1.28. The molecular formula is C19H27NO4. The molecular weight excluding hydrogens is 306 g/mol. The van der Waals surface area contributed by atoms with Crippen LogP contribution in [0.1, 0.15) is 24.8 Å². The summed E-state index contributed by atoms with van der Waals surface area (Å²) in [5.74, 6) is 1.03. The number of ether oxygens (including phenoxy) is 3. The first kappa shape index (κ1) is 17.2. The van der Waals surface area contributed by atoms with E-state index in [-0.39, 0.29) is 17.4 Å². The standard InChI is InChI=1S/C19H27NO4/c1-22-13-17-12-19(14-24-17)7-9-20(10-8-19)18(21)11-15-3-5-16(23-2)6-4-15/h3-6,17H,7-14H2,1-2H3. The molecule has 1 spiro atoms. The Morgan fingerprint density at radius 2 is 1.96 bits per heavy atom. The van der Waals surface area contributed by atoms with Crippen LogP contribution < -0.4 is 4.74 Å². The van der Waals surface area contributed by atoms with Crippen LogP contribution in [0.15, 0.2) is 24.3 Å². The quantitative estimate of drug-likeness (QED) is 0.829. The van der Waals surface area contributed by atoms with Gasteiger partial charge in [-0.3, -0.25) is 4.79 Å². The Labute approximate surface area is 143 Å². The van der Waals surface area contributed by atoms with Gasteiger partial charge in [0.1, 0.15) is 5.75 Å². The zero-order chi connectivity index (χ0) is 17.0. The van der Waals surface area contributed by atoms with Crippen LogP contribution in [0.5, 0.6) is 5.75 Å². The number of hydrogen-bond acceptors (Lipinski definition) is 4. The number of rotatable bonds is 5. The van der Waals surface area contributed by atoms with Crippen molar-refractivity contribution in [1.82, 2.24) is 4.90 Å². The molecule has 0 N–H and O–H groups in total. The van der Waals surface area contributed by atoms with Gasteiger partial charge in [-0.05, 0) is 42.4 Å². The average Bonchev–Trinajstić information content (AvgIpc) is 2.99. The van der Waals surface area contributed by atoms with Crippen LogP contribution >= 0.6 is 0 Å². The highest BCUT2D eigenvalue weighted by atomic mass is 16.5. The molecule has 0 radical (unpaired) electrons. The highest BCUT2D eigenvalue weighted by molar-refractivity contribution is 5.78. The normalized spacial score (nSPS) is 22.8. The minimum absolute atomic E-state index is 0.211. The summed E-state index contributed by atoms with van der Waals surface area (Å²) < 4.78 is 16.2. The zero-order valence-corrected chi connectivity index (χ0v) is 14.6. The first-order chi connectivity index (χ1) is 11.6. The van der Waals surface area contributed by atoms with Crippen LogP contribution in [0.2, 0.25) is 0 Å². The second kappa shape index (κ2) is 7.53. The first-order valence-electron chi connectivity index (χ1n) is 8.65. The van der Waals surface area contributed by atoms with Gasteiger partial charge in [0.25, 0.3) is 0 Å². The van der Waals surface area contributed by atoms with E-state index in [4.69, 9.17) is 14.2 Å². The number of methoxy groups -OCH3 is 2. The summed E-state index contributed by atoms with van der Waals surface area (Å²) in [4.78, 5) is 14.5. The number of likely N-dealkylation sites (tertiary alicyclic amines) is 1. The molecule has 0 saturated carbocycles. The highest BCUT2D eigenvalue weighted by Gasteiger charge is 2.42. The molecule has 5 heteroatoms. The van der Waals surface area contributed by atoms with Crippen molar-refractivity contribution < 1.29 is 19.0 Å². The molecule has 2 saturated heterocycles. The second-order valence-electron chi connectivity index (χ2n) is 7.00. The Balaban J connectivity index is 1.50. The molecule has 132 valence electrons. The SMILES string of the molecule is COCC1CC2(CCN(C(=O)Cc3ccc(OC)cc3)CC2)CO1. The lowest BCUT2D eigenvalue weighted by molar-refractivity contribution is -0.132. The van der Waals surface area contributed by atoms with Gasteiger partial charge >= 0.3 is 0 Å². The summed E-state index contributed by atoms with van der Waals surface area (Å²) in [6, 6.07) is 7.73. The number of nitrogens with zero attached hydrogens (tertiary/aromatic N) is 1. The minimum Gasteiger partial charge on any atom is -0.497 e. The fourth-order valence-electron chi connectivity index (χ4n) is 3.80. The van der Waals surface area contributed by atoms with E-state index in [1.807, 2.05) is 29.2 Å². The van der Waals surface area contributed by atoms with Crippen LogP contribution in [-0.2, 0) is 20.7 Å². The zero-order valence-electron chi connectivity index (χ0n) is 14.6. The molecule has 1 amide bonds. The minimum atomic E-state index is 0.211. The molecule has 0 aromatic heterocycles. The molecule has 0 bridgehead atoms. The monoisotopic (exact) mass is 333 g/mol. The molecule has 1 unspecified atom stereocenters. The van der Waals surface area contributed by atoms with Gasteiger partial charge in [-0.25, -0.2) is 0 Å². The van der Waals surface area contributed by atoms with E-state index in [1.165, 1.54) is 0 Å². The van der Waals surface area contributed by atoms with Gasteiger partial charge in [0, 0.05) is 20.2 Å². The maximum Gasteiger partial charge on any atom is 0.226 e. The third-order valence-electron chi connectivity index (χ3n) is 5.33. The maximum atomic E-state index is 12.5. The lowest BCUT2D eigenvalue weighted by atomic mass is 9.76. The van der Waals surface area contributed by atoms with Crippen molar-refractivity contribution in [1.29, 1.82) is 0 Å². The number of amides is 1. The van der Waals surface area contributed by atoms with E-state index in [0.717, 1.165) is 50.3 Å². The molecule has 0 aliphatic carbocycles. The molecule has 2 aliphatic heterocycles. The summed E-state index contributed by atoms with van der Waals surface area (Å²) in [7, 11) is 3.36. The van der Waals surface area contributed by atoms with Crippen molar-refractivity contribution in [3.05, 3.63) is 29.8 Å². The third kappa shape index (κ3) is 3.90. The lowest BCUT2D eigenvalue weighted by Crippen LogP contribution is -2.44. The average molecular weight is 333 g/mol. The van der Waals surface area contributed by atoms with Gasteiger partial charge in [0.15, 0.2) is 0 Å². The van der Waals surface area contributed by atoms with Gasteiger partial charge in [-0.2, -0.15) is 0 Å². The Bertz CT molecular complexity index is 549. The largest absolute Gasteiger partial charge is 0.497 e. The highest BCUT2D eigenvalue weighted by Crippen LogP contribution is 2.42. The van der Waals surface area contributed by atoms with E-state index in [1.54, 1.807) is 14.2 Å². The van der Waals surface area contributed by atoms with Crippen molar-refractivity contribution in [3.63, 3.8) is 0 Å². The van der Waals surface area contributed by atoms with E-state index in [2.05, 4.69) is 0 Å². The van der Waals surface area contributed by atoms with Crippen molar-refractivity contribution in [2.24, 2.45) is 5.41 Å². The number of carbonyl (C=O) groups is 1. The molecule has 2 heterocycles. The van der Waals surface area contributed by atoms with Crippen LogP contribution in [0.3, 0.4) is 0 Å². The third-order valence-corrected chi connectivity index (χ3v) is 5.33. The molecule has 1 aromatic rings. The fourth-order valence-corrected chi connectivity index (χ4v) is 3.80. The van der Waals surface area contributed by atoms with Crippen molar-refractivity contribution in [3.8, 4) is 5.75 Å². The van der Waals surface area contributed by atoms with E-state index in [9.17, 15) is 4.79 Å². The number of piperidine rings is 1. The van der Waals surface area contributed by atoms with Gasteiger partial charge in [0.05, 0.1) is 32.8 Å². The lowest BCUT2D eigenvalue weighted by Gasteiger charge is -2.38. The molecule has 2 aliphatic rings. The Hall–Kier alpha value is -1.59. The molecule has 3 rings (SSSR count).